The van der Waals surface area contributed by atoms with Crippen molar-refractivity contribution < 1.29 is 19.1 Å². The zero-order valence-electron chi connectivity index (χ0n) is 17.7. The maximum atomic E-state index is 14.0. The number of rotatable bonds is 3. The highest BCUT2D eigenvalue weighted by molar-refractivity contribution is 6.26. The van der Waals surface area contributed by atoms with Gasteiger partial charge in [0.05, 0.1) is 30.0 Å². The van der Waals surface area contributed by atoms with Crippen molar-refractivity contribution in [1.29, 1.82) is 0 Å². The predicted molar refractivity (Wildman–Crippen MR) is 119 cm³/mol. The first-order valence-corrected chi connectivity index (χ1v) is 10.7. The fraction of sp³-hybridized carbons (Fsp3) is 0.222. The van der Waals surface area contributed by atoms with Gasteiger partial charge in [-0.25, -0.2) is 4.90 Å². The summed E-state index contributed by atoms with van der Waals surface area (Å²) >= 11 is 0. The van der Waals surface area contributed by atoms with Crippen molar-refractivity contribution in [2.45, 2.75) is 18.3 Å². The van der Waals surface area contributed by atoms with Crippen molar-refractivity contribution in [3.05, 3.63) is 95.1 Å². The van der Waals surface area contributed by atoms with Crippen molar-refractivity contribution >= 4 is 23.3 Å². The van der Waals surface area contributed by atoms with Crippen molar-refractivity contribution in [2.75, 3.05) is 12.0 Å². The SMILES string of the molecule is COc1ccccc1N1C(=O)[C@@H]2[C@@H](C1=O)C1c3ccccc3C2(C(C)=O)c2ccccc21. The maximum absolute atomic E-state index is 14.0. The van der Waals surface area contributed by atoms with E-state index < -0.39 is 17.3 Å². The summed E-state index contributed by atoms with van der Waals surface area (Å²) in [5.74, 6) is -1.98. The van der Waals surface area contributed by atoms with Crippen LogP contribution in [0.4, 0.5) is 5.69 Å². The molecule has 5 heteroatoms. The summed E-state index contributed by atoms with van der Waals surface area (Å²) in [5.41, 5.74) is 2.86. The minimum absolute atomic E-state index is 0.117. The van der Waals surface area contributed by atoms with Crippen LogP contribution in [0.25, 0.3) is 0 Å². The third-order valence-electron chi connectivity index (χ3n) is 7.50. The maximum Gasteiger partial charge on any atom is 0.239 e. The van der Waals surface area contributed by atoms with Crippen LogP contribution in [0.1, 0.15) is 35.1 Å². The Bertz CT molecular complexity index is 1280. The zero-order chi connectivity index (χ0) is 22.2. The van der Waals surface area contributed by atoms with E-state index in [1.54, 1.807) is 31.2 Å². The molecular weight excluding hydrogens is 402 g/mol. The second kappa shape index (κ2) is 6.39. The molecule has 5 nitrogen and oxygen atoms in total. The molecule has 1 saturated heterocycles. The molecule has 0 spiro atoms. The molecule has 0 aromatic heterocycles. The van der Waals surface area contributed by atoms with Crippen molar-refractivity contribution in [3.63, 3.8) is 0 Å². The summed E-state index contributed by atoms with van der Waals surface area (Å²) in [7, 11) is 1.52. The molecule has 0 radical (unpaired) electrons. The summed E-state index contributed by atoms with van der Waals surface area (Å²) in [6.45, 7) is 1.54. The van der Waals surface area contributed by atoms with E-state index in [1.807, 2.05) is 48.5 Å². The molecule has 2 atom stereocenters. The molecule has 4 aliphatic rings. The fourth-order valence-corrected chi connectivity index (χ4v) is 6.42. The number of ketones is 1. The third kappa shape index (κ3) is 2.01. The Hall–Kier alpha value is -3.73. The van der Waals surface area contributed by atoms with Gasteiger partial charge in [0.25, 0.3) is 0 Å². The molecule has 0 saturated carbocycles. The lowest BCUT2D eigenvalue weighted by atomic mass is 9.46. The van der Waals surface area contributed by atoms with E-state index in [1.165, 1.54) is 12.0 Å². The second-order valence-corrected chi connectivity index (χ2v) is 8.70. The average molecular weight is 423 g/mol. The van der Waals surface area contributed by atoms with Gasteiger partial charge in [0, 0.05) is 5.92 Å². The summed E-state index contributed by atoms with van der Waals surface area (Å²) in [5, 5.41) is 0. The molecule has 1 aliphatic heterocycles. The van der Waals surface area contributed by atoms with Gasteiger partial charge in [-0.2, -0.15) is 0 Å². The molecule has 0 N–H and O–H groups in total. The second-order valence-electron chi connectivity index (χ2n) is 8.70. The summed E-state index contributed by atoms with van der Waals surface area (Å²) in [6, 6.07) is 22.6. The van der Waals surface area contributed by atoms with Gasteiger partial charge in [0.15, 0.2) is 0 Å². The lowest BCUT2D eigenvalue weighted by Gasteiger charge is -2.52. The number of imide groups is 1. The van der Waals surface area contributed by atoms with Gasteiger partial charge >= 0.3 is 0 Å². The number of amides is 2. The first kappa shape index (κ1) is 19.0. The van der Waals surface area contributed by atoms with Crippen molar-refractivity contribution in [2.24, 2.45) is 11.8 Å². The fourth-order valence-electron chi connectivity index (χ4n) is 6.42. The van der Waals surface area contributed by atoms with Crippen LogP contribution < -0.4 is 9.64 Å². The lowest BCUT2D eigenvalue weighted by molar-refractivity contribution is -0.132. The largest absolute Gasteiger partial charge is 0.495 e. The predicted octanol–water partition coefficient (Wildman–Crippen LogP) is 3.84. The number of para-hydroxylation sites is 2. The summed E-state index contributed by atoms with van der Waals surface area (Å²) in [4.78, 5) is 42.8. The van der Waals surface area contributed by atoms with E-state index in [4.69, 9.17) is 4.74 Å². The monoisotopic (exact) mass is 423 g/mol. The van der Waals surface area contributed by atoms with Gasteiger partial charge in [0.2, 0.25) is 11.8 Å². The molecule has 2 bridgehead atoms. The molecule has 3 aromatic carbocycles. The van der Waals surface area contributed by atoms with Gasteiger partial charge in [-0.1, -0.05) is 60.7 Å². The highest BCUT2D eigenvalue weighted by Gasteiger charge is 2.70. The lowest BCUT2D eigenvalue weighted by Crippen LogP contribution is -2.57. The van der Waals surface area contributed by atoms with Gasteiger partial charge in [-0.15, -0.1) is 0 Å². The number of Topliss-reactive ketones (excluding diaryl/α,β-unsaturated/α-hetero) is 1. The van der Waals surface area contributed by atoms with E-state index in [2.05, 4.69) is 0 Å². The van der Waals surface area contributed by atoms with Crippen LogP contribution in [0.5, 0.6) is 5.75 Å². The minimum Gasteiger partial charge on any atom is -0.495 e. The molecule has 1 heterocycles. The Morgan fingerprint density at radius 1 is 0.844 bits per heavy atom. The van der Waals surface area contributed by atoms with E-state index in [0.717, 1.165) is 22.3 Å². The minimum atomic E-state index is -1.18. The number of carbonyl (C=O) groups excluding carboxylic acids is 3. The number of ether oxygens (including phenoxy) is 1. The van der Waals surface area contributed by atoms with Crippen LogP contribution >= 0.6 is 0 Å². The van der Waals surface area contributed by atoms with Crippen LogP contribution in [0.3, 0.4) is 0 Å². The Morgan fingerprint density at radius 3 is 2.00 bits per heavy atom. The quantitative estimate of drug-likeness (QED) is 0.601. The number of nitrogens with zero attached hydrogens (tertiary/aromatic N) is 1. The number of hydrogen-bond donors (Lipinski definition) is 0. The molecule has 3 aliphatic carbocycles. The molecule has 1 fully saturated rings. The molecule has 158 valence electrons. The normalized spacial score (nSPS) is 27.1. The average Bonchev–Trinajstić information content (AvgIpc) is 3.09. The zero-order valence-corrected chi connectivity index (χ0v) is 17.7. The topological polar surface area (TPSA) is 63.7 Å². The smallest absolute Gasteiger partial charge is 0.239 e. The Kier molecular flexibility index (Phi) is 3.79. The van der Waals surface area contributed by atoms with E-state index >= 15 is 0 Å². The van der Waals surface area contributed by atoms with Crippen molar-refractivity contribution in [3.8, 4) is 5.75 Å². The number of carbonyl (C=O) groups is 3. The van der Waals surface area contributed by atoms with Crippen LogP contribution in [0.2, 0.25) is 0 Å². The Labute approximate surface area is 185 Å². The molecule has 3 aromatic rings. The number of hydrogen-bond acceptors (Lipinski definition) is 4. The van der Waals surface area contributed by atoms with Gasteiger partial charge in [-0.05, 0) is 41.3 Å². The Morgan fingerprint density at radius 2 is 1.41 bits per heavy atom. The van der Waals surface area contributed by atoms with Crippen LogP contribution in [0.15, 0.2) is 72.8 Å². The van der Waals surface area contributed by atoms with Crippen LogP contribution in [0, 0.1) is 11.8 Å². The highest BCUT2D eigenvalue weighted by Crippen LogP contribution is 2.64. The Balaban J connectivity index is 1.67. The molecule has 32 heavy (non-hydrogen) atoms. The van der Waals surface area contributed by atoms with Gasteiger partial charge in [-0.3, -0.25) is 14.4 Å². The molecular formula is C27H21NO4. The third-order valence-corrected chi connectivity index (χ3v) is 7.50. The van der Waals surface area contributed by atoms with Gasteiger partial charge < -0.3 is 4.74 Å². The first-order chi connectivity index (χ1) is 15.5. The van der Waals surface area contributed by atoms with E-state index in [9.17, 15) is 14.4 Å². The molecule has 0 unspecified atom stereocenters. The van der Waals surface area contributed by atoms with Crippen LogP contribution in [-0.4, -0.2) is 24.7 Å². The van der Waals surface area contributed by atoms with Gasteiger partial charge in [0.1, 0.15) is 11.5 Å². The van der Waals surface area contributed by atoms with E-state index in [0.29, 0.717) is 11.4 Å². The van der Waals surface area contributed by atoms with Crippen molar-refractivity contribution in [1.82, 2.24) is 0 Å². The van der Waals surface area contributed by atoms with Crippen LogP contribution in [-0.2, 0) is 19.8 Å². The first-order valence-electron chi connectivity index (χ1n) is 10.7. The summed E-state index contributed by atoms with van der Waals surface area (Å²) in [6.07, 6.45) is 0. The number of benzene rings is 3. The highest BCUT2D eigenvalue weighted by atomic mass is 16.5. The molecule has 2 amide bonds. The molecule has 7 rings (SSSR count). The number of anilines is 1. The van der Waals surface area contributed by atoms with E-state index in [-0.39, 0.29) is 23.5 Å². The standard InChI is InChI=1S/C27H21NO4/c1-15(29)27-18-11-5-3-9-16(18)22(17-10-4-6-12-19(17)27)23-24(27)26(31)28(25(23)30)20-13-7-8-14-21(20)32-2/h3-14,22-24H,1-2H3/t22?,23-,24-,27?/m0/s1. The summed E-state index contributed by atoms with van der Waals surface area (Å²) < 4.78 is 5.46. The number of methoxy groups -OCH3 is 1.